The Morgan fingerprint density at radius 2 is 1.56 bits per heavy atom. The van der Waals surface area contributed by atoms with E-state index in [4.69, 9.17) is 10.00 Å². The molecular weight excluding hydrogens is 424 g/mol. The molecule has 6 heteroatoms. The minimum absolute atomic E-state index is 0.0405. The standard InChI is InChI=1S/C28H30N4O2/c29-15-14-23-10-12-27(13-11-23)34-22-28(33)30-20-24-6-4-5-7-25(24)21-31-16-18-32(19-17-31)26-8-2-1-3-9-26/h1-13H,14,16-22H2,(H,30,33). The Kier molecular flexibility index (Phi) is 8.15. The third-order valence-electron chi connectivity index (χ3n) is 6.06. The fourth-order valence-electron chi connectivity index (χ4n) is 4.12. The Balaban J connectivity index is 1.24. The van der Waals surface area contributed by atoms with Gasteiger partial charge in [-0.1, -0.05) is 54.6 Å². The number of hydrogen-bond acceptors (Lipinski definition) is 5. The van der Waals surface area contributed by atoms with Crippen LogP contribution in [0.2, 0.25) is 0 Å². The molecule has 4 rings (SSSR count). The molecule has 6 nitrogen and oxygen atoms in total. The summed E-state index contributed by atoms with van der Waals surface area (Å²) in [6, 6.07) is 28.2. The Hall–Kier alpha value is -3.82. The molecular formula is C28H30N4O2. The summed E-state index contributed by atoms with van der Waals surface area (Å²) in [5.74, 6) is 0.458. The van der Waals surface area contributed by atoms with Crippen LogP contribution in [0.25, 0.3) is 0 Å². The molecule has 3 aromatic rings. The van der Waals surface area contributed by atoms with Gasteiger partial charge >= 0.3 is 0 Å². The lowest BCUT2D eigenvalue weighted by molar-refractivity contribution is -0.123. The highest BCUT2D eigenvalue weighted by atomic mass is 16.5. The molecule has 1 aliphatic rings. The fraction of sp³-hybridized carbons (Fsp3) is 0.286. The van der Waals surface area contributed by atoms with Gasteiger partial charge in [0.05, 0.1) is 12.5 Å². The van der Waals surface area contributed by atoms with Gasteiger partial charge in [-0.05, 0) is 41.0 Å². The minimum atomic E-state index is -0.160. The van der Waals surface area contributed by atoms with Gasteiger partial charge in [0.25, 0.3) is 5.91 Å². The van der Waals surface area contributed by atoms with E-state index < -0.39 is 0 Å². The first-order valence-corrected chi connectivity index (χ1v) is 11.7. The number of benzene rings is 3. The molecule has 0 spiro atoms. The predicted molar refractivity (Wildman–Crippen MR) is 133 cm³/mol. The molecule has 0 radical (unpaired) electrons. The third kappa shape index (κ3) is 6.60. The van der Waals surface area contributed by atoms with Crippen LogP contribution in [0.3, 0.4) is 0 Å². The van der Waals surface area contributed by atoms with Crippen LogP contribution < -0.4 is 15.0 Å². The summed E-state index contributed by atoms with van der Waals surface area (Å²) in [6.07, 6.45) is 0.364. The van der Waals surface area contributed by atoms with Gasteiger partial charge in [-0.25, -0.2) is 0 Å². The number of carbonyl (C=O) groups excluding carboxylic acids is 1. The molecule has 1 amide bonds. The minimum Gasteiger partial charge on any atom is -0.484 e. The van der Waals surface area contributed by atoms with Crippen LogP contribution >= 0.6 is 0 Å². The van der Waals surface area contributed by atoms with Crippen molar-refractivity contribution in [3.05, 3.63) is 95.6 Å². The van der Waals surface area contributed by atoms with E-state index in [2.05, 4.69) is 69.7 Å². The van der Waals surface area contributed by atoms with E-state index in [0.717, 1.165) is 43.9 Å². The first-order valence-electron chi connectivity index (χ1n) is 11.7. The zero-order valence-corrected chi connectivity index (χ0v) is 19.3. The van der Waals surface area contributed by atoms with Crippen molar-refractivity contribution in [3.63, 3.8) is 0 Å². The van der Waals surface area contributed by atoms with Crippen molar-refractivity contribution in [2.24, 2.45) is 0 Å². The molecule has 0 bridgehead atoms. The van der Waals surface area contributed by atoms with E-state index in [1.807, 2.05) is 18.2 Å². The molecule has 1 N–H and O–H groups in total. The maximum atomic E-state index is 12.3. The van der Waals surface area contributed by atoms with E-state index in [1.165, 1.54) is 11.3 Å². The van der Waals surface area contributed by atoms with Crippen molar-refractivity contribution in [2.75, 3.05) is 37.7 Å². The van der Waals surface area contributed by atoms with Crippen LogP contribution in [0.15, 0.2) is 78.9 Å². The molecule has 1 saturated heterocycles. The Morgan fingerprint density at radius 3 is 2.26 bits per heavy atom. The Labute approximate surface area is 201 Å². The highest BCUT2D eigenvalue weighted by Gasteiger charge is 2.18. The zero-order valence-electron chi connectivity index (χ0n) is 19.3. The summed E-state index contributed by atoms with van der Waals surface area (Å²) >= 11 is 0. The van der Waals surface area contributed by atoms with Gasteiger partial charge in [-0.2, -0.15) is 5.26 Å². The molecule has 0 aromatic heterocycles. The van der Waals surface area contributed by atoms with Crippen molar-refractivity contribution in [1.29, 1.82) is 5.26 Å². The number of anilines is 1. The summed E-state index contributed by atoms with van der Waals surface area (Å²) in [7, 11) is 0. The number of para-hydroxylation sites is 1. The topological polar surface area (TPSA) is 68.6 Å². The van der Waals surface area contributed by atoms with Crippen LogP contribution in [0.5, 0.6) is 5.75 Å². The first kappa shape index (κ1) is 23.3. The summed E-state index contributed by atoms with van der Waals surface area (Å²) in [6.45, 7) is 5.35. The van der Waals surface area contributed by atoms with Crippen LogP contribution in [-0.2, 0) is 24.3 Å². The quantitative estimate of drug-likeness (QED) is 0.533. The molecule has 0 saturated carbocycles. The lowest BCUT2D eigenvalue weighted by atomic mass is 10.1. The molecule has 1 fully saturated rings. The normalized spacial score (nSPS) is 13.8. The number of piperazine rings is 1. The van der Waals surface area contributed by atoms with Gasteiger partial charge in [0, 0.05) is 45.0 Å². The van der Waals surface area contributed by atoms with Crippen molar-refractivity contribution >= 4 is 11.6 Å². The summed E-state index contributed by atoms with van der Waals surface area (Å²) in [5, 5.41) is 11.7. The number of carbonyl (C=O) groups is 1. The van der Waals surface area contributed by atoms with Crippen molar-refractivity contribution in [3.8, 4) is 11.8 Å². The fourth-order valence-corrected chi connectivity index (χ4v) is 4.12. The maximum Gasteiger partial charge on any atom is 0.258 e. The second-order valence-electron chi connectivity index (χ2n) is 8.41. The van der Waals surface area contributed by atoms with E-state index in [1.54, 1.807) is 12.1 Å². The van der Waals surface area contributed by atoms with Gasteiger partial charge in [0.15, 0.2) is 6.61 Å². The average molecular weight is 455 g/mol. The van der Waals surface area contributed by atoms with Crippen molar-refractivity contribution in [2.45, 2.75) is 19.5 Å². The maximum absolute atomic E-state index is 12.3. The van der Waals surface area contributed by atoms with Crippen molar-refractivity contribution < 1.29 is 9.53 Å². The number of nitrogens with zero attached hydrogens (tertiary/aromatic N) is 3. The SMILES string of the molecule is N#CCc1ccc(OCC(=O)NCc2ccccc2CN2CCN(c3ccccc3)CC2)cc1. The number of ether oxygens (including phenoxy) is 1. The first-order chi connectivity index (χ1) is 16.7. The Bertz CT molecular complexity index is 1100. The lowest BCUT2D eigenvalue weighted by Gasteiger charge is -2.36. The predicted octanol–water partition coefficient (Wildman–Crippen LogP) is 3.77. The van der Waals surface area contributed by atoms with E-state index in [-0.39, 0.29) is 12.5 Å². The van der Waals surface area contributed by atoms with Crippen LogP contribution in [0, 0.1) is 11.3 Å². The molecule has 34 heavy (non-hydrogen) atoms. The molecule has 0 unspecified atom stereocenters. The van der Waals surface area contributed by atoms with E-state index in [9.17, 15) is 4.79 Å². The van der Waals surface area contributed by atoms with Crippen LogP contribution in [-0.4, -0.2) is 43.6 Å². The van der Waals surface area contributed by atoms with Gasteiger partial charge in [0.1, 0.15) is 5.75 Å². The molecule has 1 heterocycles. The van der Waals surface area contributed by atoms with Gasteiger partial charge in [0.2, 0.25) is 0 Å². The molecule has 174 valence electrons. The lowest BCUT2D eigenvalue weighted by Crippen LogP contribution is -2.46. The van der Waals surface area contributed by atoms with Crippen LogP contribution in [0.1, 0.15) is 16.7 Å². The number of nitriles is 1. The second-order valence-corrected chi connectivity index (χ2v) is 8.41. The third-order valence-corrected chi connectivity index (χ3v) is 6.06. The van der Waals surface area contributed by atoms with E-state index >= 15 is 0 Å². The van der Waals surface area contributed by atoms with Crippen LogP contribution in [0.4, 0.5) is 5.69 Å². The molecule has 0 atom stereocenters. The zero-order chi connectivity index (χ0) is 23.6. The highest BCUT2D eigenvalue weighted by molar-refractivity contribution is 5.77. The summed E-state index contributed by atoms with van der Waals surface area (Å²) in [4.78, 5) is 17.2. The number of rotatable bonds is 9. The summed E-state index contributed by atoms with van der Waals surface area (Å²) < 4.78 is 5.58. The monoisotopic (exact) mass is 454 g/mol. The second kappa shape index (κ2) is 11.9. The number of hydrogen-bond donors (Lipinski definition) is 1. The molecule has 1 aliphatic heterocycles. The number of amides is 1. The smallest absolute Gasteiger partial charge is 0.258 e. The van der Waals surface area contributed by atoms with E-state index in [0.29, 0.717) is 18.7 Å². The molecule has 0 aliphatic carbocycles. The molecule has 3 aromatic carbocycles. The van der Waals surface area contributed by atoms with Gasteiger partial charge in [-0.15, -0.1) is 0 Å². The van der Waals surface area contributed by atoms with Crippen molar-refractivity contribution in [1.82, 2.24) is 10.2 Å². The summed E-state index contributed by atoms with van der Waals surface area (Å²) in [5.41, 5.74) is 4.58. The largest absolute Gasteiger partial charge is 0.484 e. The van der Waals surface area contributed by atoms with Gasteiger partial charge < -0.3 is 15.0 Å². The average Bonchev–Trinajstić information content (AvgIpc) is 2.89. The number of nitrogens with one attached hydrogen (secondary N) is 1. The van der Waals surface area contributed by atoms with Gasteiger partial charge in [-0.3, -0.25) is 9.69 Å². The Morgan fingerprint density at radius 1 is 0.882 bits per heavy atom. The highest BCUT2D eigenvalue weighted by Crippen LogP contribution is 2.18.